The summed E-state index contributed by atoms with van der Waals surface area (Å²) in [5, 5.41) is 3.60. The molecule has 0 spiro atoms. The zero-order valence-corrected chi connectivity index (χ0v) is 20.3. The lowest BCUT2D eigenvalue weighted by molar-refractivity contribution is -0.134. The van der Waals surface area contributed by atoms with Crippen LogP contribution in [0.15, 0.2) is 48.5 Å². The minimum Gasteiger partial charge on any atom is -0.341 e. The second-order valence-electron chi connectivity index (χ2n) is 8.46. The van der Waals surface area contributed by atoms with E-state index in [1.807, 2.05) is 32.9 Å². The molecular formula is C26H32ClN3O3. The molecule has 3 amide bonds. The summed E-state index contributed by atoms with van der Waals surface area (Å²) in [4.78, 5) is 42.7. The predicted octanol–water partition coefficient (Wildman–Crippen LogP) is 4.17. The molecular weight excluding hydrogens is 438 g/mol. The molecule has 0 aromatic heterocycles. The van der Waals surface area contributed by atoms with Gasteiger partial charge in [-0.15, -0.1) is 0 Å². The van der Waals surface area contributed by atoms with E-state index >= 15 is 0 Å². The molecule has 7 heteroatoms. The number of nitrogens with zero attached hydrogens (tertiary/aromatic N) is 2. The van der Waals surface area contributed by atoms with Crippen molar-refractivity contribution in [2.75, 3.05) is 26.2 Å². The van der Waals surface area contributed by atoms with E-state index in [4.69, 9.17) is 11.6 Å². The smallest absolute Gasteiger partial charge is 0.253 e. The second-order valence-corrected chi connectivity index (χ2v) is 8.90. The van der Waals surface area contributed by atoms with Crippen LogP contribution in [0.25, 0.3) is 0 Å². The Kier molecular flexibility index (Phi) is 8.50. The molecule has 1 fully saturated rings. The SMILES string of the molecule is CCN(CC)C(=O)C(NC(=O)c1ccc(C)cc1)C1CCN(C(=O)c2ccc(Cl)cc2)CC1. The number of hydrogen-bond donors (Lipinski definition) is 1. The van der Waals surface area contributed by atoms with Crippen LogP contribution >= 0.6 is 11.6 Å². The van der Waals surface area contributed by atoms with Gasteiger partial charge in [-0.1, -0.05) is 29.3 Å². The summed E-state index contributed by atoms with van der Waals surface area (Å²) in [5.41, 5.74) is 2.20. The van der Waals surface area contributed by atoms with Gasteiger partial charge in [-0.05, 0) is 75.9 Å². The number of halogens is 1. The fourth-order valence-corrected chi connectivity index (χ4v) is 4.38. The number of nitrogens with one attached hydrogen (secondary N) is 1. The topological polar surface area (TPSA) is 69.7 Å². The quantitative estimate of drug-likeness (QED) is 0.661. The van der Waals surface area contributed by atoms with E-state index in [1.54, 1.807) is 46.2 Å². The lowest BCUT2D eigenvalue weighted by Crippen LogP contribution is -2.54. The fraction of sp³-hybridized carbons (Fsp3) is 0.423. The third kappa shape index (κ3) is 6.14. The molecule has 1 saturated heterocycles. The number of aryl methyl sites for hydroxylation is 1. The molecule has 0 saturated carbocycles. The monoisotopic (exact) mass is 469 g/mol. The highest BCUT2D eigenvalue weighted by atomic mass is 35.5. The third-order valence-corrected chi connectivity index (χ3v) is 6.58. The Morgan fingerprint density at radius 3 is 2.06 bits per heavy atom. The number of rotatable bonds is 7. The maximum atomic E-state index is 13.3. The van der Waals surface area contributed by atoms with Crippen molar-refractivity contribution < 1.29 is 14.4 Å². The van der Waals surface area contributed by atoms with Crippen molar-refractivity contribution in [1.82, 2.24) is 15.1 Å². The summed E-state index contributed by atoms with van der Waals surface area (Å²) in [6.07, 6.45) is 1.29. The maximum absolute atomic E-state index is 13.3. The van der Waals surface area contributed by atoms with Gasteiger partial charge in [-0.3, -0.25) is 14.4 Å². The molecule has 33 heavy (non-hydrogen) atoms. The van der Waals surface area contributed by atoms with Crippen molar-refractivity contribution in [3.8, 4) is 0 Å². The van der Waals surface area contributed by atoms with Crippen LogP contribution in [0.1, 0.15) is 53.0 Å². The Morgan fingerprint density at radius 1 is 0.970 bits per heavy atom. The average Bonchev–Trinajstić information content (AvgIpc) is 2.83. The largest absolute Gasteiger partial charge is 0.341 e. The highest BCUT2D eigenvalue weighted by Gasteiger charge is 2.35. The van der Waals surface area contributed by atoms with Gasteiger partial charge < -0.3 is 15.1 Å². The molecule has 6 nitrogen and oxygen atoms in total. The van der Waals surface area contributed by atoms with Crippen LogP contribution in [0.2, 0.25) is 5.02 Å². The van der Waals surface area contributed by atoms with Gasteiger partial charge in [0.15, 0.2) is 0 Å². The molecule has 0 bridgehead atoms. The van der Waals surface area contributed by atoms with Gasteiger partial charge in [-0.2, -0.15) is 0 Å². The third-order valence-electron chi connectivity index (χ3n) is 6.33. The number of benzene rings is 2. The van der Waals surface area contributed by atoms with E-state index in [-0.39, 0.29) is 23.6 Å². The lowest BCUT2D eigenvalue weighted by Gasteiger charge is -2.37. The summed E-state index contributed by atoms with van der Waals surface area (Å²) in [5.74, 6) is -0.398. The Labute approximate surface area is 200 Å². The first-order chi connectivity index (χ1) is 15.8. The molecule has 2 aromatic carbocycles. The van der Waals surface area contributed by atoms with Gasteiger partial charge in [0.1, 0.15) is 6.04 Å². The number of amides is 3. The zero-order chi connectivity index (χ0) is 24.0. The molecule has 1 N–H and O–H groups in total. The Hall–Kier alpha value is -2.86. The Morgan fingerprint density at radius 2 is 1.52 bits per heavy atom. The second kappa shape index (κ2) is 11.3. The van der Waals surface area contributed by atoms with Crippen molar-refractivity contribution >= 4 is 29.3 Å². The first kappa shape index (κ1) is 24.8. The molecule has 176 valence electrons. The number of hydrogen-bond acceptors (Lipinski definition) is 3. The number of carbonyl (C=O) groups is 3. The van der Waals surface area contributed by atoms with E-state index in [1.165, 1.54) is 0 Å². The number of likely N-dealkylation sites (N-methyl/N-ethyl adjacent to an activating group) is 1. The van der Waals surface area contributed by atoms with Gasteiger partial charge in [0, 0.05) is 42.3 Å². The highest BCUT2D eigenvalue weighted by Crippen LogP contribution is 2.24. The minimum atomic E-state index is -0.619. The molecule has 1 heterocycles. The minimum absolute atomic E-state index is 0.0400. The molecule has 2 aromatic rings. The molecule has 3 rings (SSSR count). The molecule has 1 unspecified atom stereocenters. The van der Waals surface area contributed by atoms with Crippen LogP contribution in [0, 0.1) is 12.8 Å². The van der Waals surface area contributed by atoms with Crippen molar-refractivity contribution in [1.29, 1.82) is 0 Å². The van der Waals surface area contributed by atoms with Crippen LogP contribution in [-0.4, -0.2) is 59.7 Å². The van der Waals surface area contributed by atoms with E-state index in [2.05, 4.69) is 5.32 Å². The molecule has 1 atom stereocenters. The van der Waals surface area contributed by atoms with Gasteiger partial charge in [-0.25, -0.2) is 0 Å². The standard InChI is InChI=1S/C26H32ClN3O3/c1-4-29(5-2)26(33)23(28-24(31)20-8-6-18(3)7-9-20)19-14-16-30(17-15-19)25(32)21-10-12-22(27)13-11-21/h6-13,19,23H,4-5,14-17H2,1-3H3,(H,28,31). The maximum Gasteiger partial charge on any atom is 0.253 e. The number of likely N-dealkylation sites (tertiary alicyclic amines) is 1. The van der Waals surface area contributed by atoms with Crippen molar-refractivity contribution in [3.63, 3.8) is 0 Å². The van der Waals surface area contributed by atoms with Crippen LogP contribution in [0.5, 0.6) is 0 Å². The van der Waals surface area contributed by atoms with E-state index in [0.717, 1.165) is 5.56 Å². The van der Waals surface area contributed by atoms with Crippen LogP contribution in [0.4, 0.5) is 0 Å². The van der Waals surface area contributed by atoms with Crippen molar-refractivity contribution in [2.45, 2.75) is 39.7 Å². The van der Waals surface area contributed by atoms with Crippen LogP contribution in [-0.2, 0) is 4.79 Å². The normalized spacial score (nSPS) is 15.1. The summed E-state index contributed by atoms with van der Waals surface area (Å²) in [6, 6.07) is 13.6. The Bertz CT molecular complexity index is 963. The zero-order valence-electron chi connectivity index (χ0n) is 19.5. The van der Waals surface area contributed by atoms with Crippen LogP contribution in [0.3, 0.4) is 0 Å². The number of piperidine rings is 1. The molecule has 1 aliphatic heterocycles. The summed E-state index contributed by atoms with van der Waals surface area (Å²) >= 11 is 5.93. The van der Waals surface area contributed by atoms with Crippen molar-refractivity contribution in [2.24, 2.45) is 5.92 Å². The highest BCUT2D eigenvalue weighted by molar-refractivity contribution is 6.30. The first-order valence-corrected chi connectivity index (χ1v) is 11.9. The average molecular weight is 470 g/mol. The van der Waals surface area contributed by atoms with E-state index in [0.29, 0.717) is 55.2 Å². The summed E-state index contributed by atoms with van der Waals surface area (Å²) in [7, 11) is 0. The number of carbonyl (C=O) groups excluding carboxylic acids is 3. The fourth-order valence-electron chi connectivity index (χ4n) is 4.25. The van der Waals surface area contributed by atoms with Crippen molar-refractivity contribution in [3.05, 3.63) is 70.2 Å². The van der Waals surface area contributed by atoms with E-state index in [9.17, 15) is 14.4 Å². The van der Waals surface area contributed by atoms with Gasteiger partial charge in [0.2, 0.25) is 5.91 Å². The Balaban J connectivity index is 1.72. The van der Waals surface area contributed by atoms with Gasteiger partial charge in [0.25, 0.3) is 11.8 Å². The predicted molar refractivity (Wildman–Crippen MR) is 130 cm³/mol. The van der Waals surface area contributed by atoms with Crippen LogP contribution < -0.4 is 5.32 Å². The van der Waals surface area contributed by atoms with E-state index < -0.39 is 6.04 Å². The molecule has 0 aliphatic carbocycles. The molecule has 0 radical (unpaired) electrons. The summed E-state index contributed by atoms with van der Waals surface area (Å²) < 4.78 is 0. The first-order valence-electron chi connectivity index (χ1n) is 11.5. The molecule has 1 aliphatic rings. The lowest BCUT2D eigenvalue weighted by atomic mass is 9.87. The van der Waals surface area contributed by atoms with Gasteiger partial charge in [0.05, 0.1) is 0 Å². The summed E-state index contributed by atoms with van der Waals surface area (Å²) in [6.45, 7) is 8.08. The van der Waals surface area contributed by atoms with Gasteiger partial charge >= 0.3 is 0 Å².